The highest BCUT2D eigenvalue weighted by molar-refractivity contribution is 5.46. The van der Waals surface area contributed by atoms with Crippen molar-refractivity contribution in [3.63, 3.8) is 0 Å². The van der Waals surface area contributed by atoms with Crippen molar-refractivity contribution in [1.82, 2.24) is 9.97 Å². The molecule has 0 aromatic carbocycles. The predicted octanol–water partition coefficient (Wildman–Crippen LogP) is 1.81. The quantitative estimate of drug-likeness (QED) is 0.524. The number of nitrogen functional groups attached to an aromatic ring is 1. The van der Waals surface area contributed by atoms with Gasteiger partial charge in [-0.1, -0.05) is 0 Å². The summed E-state index contributed by atoms with van der Waals surface area (Å²) in [5.74, 6) is 8.89. The van der Waals surface area contributed by atoms with Crippen molar-refractivity contribution in [2.75, 3.05) is 17.3 Å². The van der Waals surface area contributed by atoms with Crippen molar-refractivity contribution in [3.05, 3.63) is 35.5 Å². The van der Waals surface area contributed by atoms with Gasteiger partial charge in [0.25, 0.3) is 0 Å². The maximum Gasteiger partial charge on any atom is 0.158 e. The first-order chi connectivity index (χ1) is 9.71. The third-order valence-electron chi connectivity index (χ3n) is 2.60. The third kappa shape index (κ3) is 3.94. The Kier molecular flexibility index (Phi) is 4.91. The van der Waals surface area contributed by atoms with Crippen molar-refractivity contribution < 1.29 is 9.15 Å². The van der Waals surface area contributed by atoms with Crippen LogP contribution in [0, 0.1) is 6.92 Å². The molecule has 0 amide bonds. The number of ether oxygens (including phenoxy) is 1. The lowest BCUT2D eigenvalue weighted by Gasteiger charge is -2.09. The molecule has 0 aliphatic heterocycles. The van der Waals surface area contributed by atoms with Crippen LogP contribution in [0.25, 0.3) is 0 Å². The minimum Gasteiger partial charge on any atom is -0.465 e. The van der Waals surface area contributed by atoms with Crippen LogP contribution in [0.15, 0.2) is 22.6 Å². The lowest BCUT2D eigenvalue weighted by Crippen LogP contribution is -2.12. The Morgan fingerprint density at radius 1 is 1.30 bits per heavy atom. The minimum absolute atomic E-state index is 0.348. The molecule has 0 saturated carbocycles. The highest BCUT2D eigenvalue weighted by atomic mass is 16.5. The Bertz CT molecular complexity index is 555. The smallest absolute Gasteiger partial charge is 0.158 e. The van der Waals surface area contributed by atoms with Crippen LogP contribution in [0.3, 0.4) is 0 Å². The van der Waals surface area contributed by atoms with Crippen molar-refractivity contribution >= 4 is 11.6 Å². The molecule has 0 saturated heterocycles. The van der Waals surface area contributed by atoms with E-state index in [1.165, 1.54) is 0 Å². The van der Waals surface area contributed by atoms with E-state index in [1.54, 1.807) is 6.07 Å². The minimum atomic E-state index is 0.348. The number of nitrogens with two attached hydrogens (primary N) is 1. The Labute approximate surface area is 117 Å². The molecule has 0 unspecified atom stereocenters. The fraction of sp³-hybridized carbons (Fsp3) is 0.385. The molecule has 0 fully saturated rings. The molecular weight excluding hydrogens is 258 g/mol. The molecule has 0 aliphatic rings. The molecule has 7 nitrogen and oxygen atoms in total. The maximum atomic E-state index is 5.49. The van der Waals surface area contributed by atoms with E-state index in [4.69, 9.17) is 15.0 Å². The number of hydrazine groups is 1. The Morgan fingerprint density at radius 3 is 2.75 bits per heavy atom. The van der Waals surface area contributed by atoms with Crippen LogP contribution in [0.2, 0.25) is 0 Å². The van der Waals surface area contributed by atoms with Crippen LogP contribution < -0.4 is 16.6 Å². The second-order valence-corrected chi connectivity index (χ2v) is 4.20. The number of aryl methyl sites for hydroxylation is 1. The van der Waals surface area contributed by atoms with Crippen LogP contribution in [0.4, 0.5) is 11.6 Å². The van der Waals surface area contributed by atoms with E-state index in [2.05, 4.69) is 20.7 Å². The van der Waals surface area contributed by atoms with E-state index < -0.39 is 0 Å². The number of rotatable bonds is 7. The number of anilines is 2. The second-order valence-electron chi connectivity index (χ2n) is 4.20. The standard InChI is InChI=1S/C13H19N5O2/c1-3-19-8-13-16-11(6-12(17-13)18-14)15-7-10-5-4-9(2)20-10/h4-6H,3,7-8,14H2,1-2H3,(H2,15,16,17,18). The Hall–Kier alpha value is -2.12. The molecule has 2 rings (SSSR count). The van der Waals surface area contributed by atoms with Gasteiger partial charge < -0.3 is 19.9 Å². The SMILES string of the molecule is CCOCc1nc(NN)cc(NCc2ccc(C)o2)n1. The summed E-state index contributed by atoms with van der Waals surface area (Å²) in [7, 11) is 0. The van der Waals surface area contributed by atoms with Gasteiger partial charge in [0.05, 0.1) is 6.54 Å². The summed E-state index contributed by atoms with van der Waals surface area (Å²) in [6.45, 7) is 5.33. The van der Waals surface area contributed by atoms with Gasteiger partial charge >= 0.3 is 0 Å². The van der Waals surface area contributed by atoms with Crippen molar-refractivity contribution in [2.24, 2.45) is 5.84 Å². The van der Waals surface area contributed by atoms with Crippen LogP contribution >= 0.6 is 0 Å². The average Bonchev–Trinajstić information content (AvgIpc) is 2.88. The van der Waals surface area contributed by atoms with Crippen LogP contribution in [0.1, 0.15) is 24.3 Å². The fourth-order valence-electron chi connectivity index (χ4n) is 1.68. The van der Waals surface area contributed by atoms with Gasteiger partial charge in [-0.3, -0.25) is 0 Å². The molecule has 2 aromatic heterocycles. The largest absolute Gasteiger partial charge is 0.465 e. The normalized spacial score (nSPS) is 10.6. The van der Waals surface area contributed by atoms with E-state index in [0.29, 0.717) is 37.2 Å². The first-order valence-electron chi connectivity index (χ1n) is 6.42. The molecular formula is C13H19N5O2. The predicted molar refractivity (Wildman–Crippen MR) is 75.9 cm³/mol. The zero-order valence-corrected chi connectivity index (χ0v) is 11.6. The third-order valence-corrected chi connectivity index (χ3v) is 2.60. The average molecular weight is 277 g/mol. The summed E-state index contributed by atoms with van der Waals surface area (Å²) in [5.41, 5.74) is 2.52. The molecule has 0 bridgehead atoms. The van der Waals surface area contributed by atoms with Gasteiger partial charge in [-0.25, -0.2) is 15.8 Å². The van der Waals surface area contributed by atoms with Crippen molar-refractivity contribution in [2.45, 2.75) is 27.0 Å². The zero-order valence-electron chi connectivity index (χ0n) is 11.6. The van der Waals surface area contributed by atoms with E-state index in [1.807, 2.05) is 26.0 Å². The Balaban J connectivity index is 2.05. The van der Waals surface area contributed by atoms with Gasteiger partial charge in [0, 0.05) is 12.7 Å². The van der Waals surface area contributed by atoms with Gasteiger partial charge in [-0.05, 0) is 26.0 Å². The molecule has 4 N–H and O–H groups in total. The van der Waals surface area contributed by atoms with Crippen LogP contribution in [-0.4, -0.2) is 16.6 Å². The molecule has 108 valence electrons. The molecule has 2 aromatic rings. The molecule has 0 aliphatic carbocycles. The first-order valence-corrected chi connectivity index (χ1v) is 6.42. The van der Waals surface area contributed by atoms with Crippen LogP contribution in [-0.2, 0) is 17.9 Å². The van der Waals surface area contributed by atoms with E-state index in [0.717, 1.165) is 11.5 Å². The highest BCUT2D eigenvalue weighted by Gasteiger charge is 2.05. The lowest BCUT2D eigenvalue weighted by molar-refractivity contribution is 0.128. The van der Waals surface area contributed by atoms with Gasteiger partial charge in [0.1, 0.15) is 29.8 Å². The summed E-state index contributed by atoms with van der Waals surface area (Å²) in [6, 6.07) is 5.57. The summed E-state index contributed by atoms with van der Waals surface area (Å²) in [4.78, 5) is 8.57. The van der Waals surface area contributed by atoms with E-state index in [-0.39, 0.29) is 0 Å². The van der Waals surface area contributed by atoms with Crippen molar-refractivity contribution in [3.8, 4) is 0 Å². The molecule has 0 spiro atoms. The summed E-state index contributed by atoms with van der Waals surface area (Å²) >= 11 is 0. The summed E-state index contributed by atoms with van der Waals surface area (Å²) in [5, 5.41) is 3.17. The van der Waals surface area contributed by atoms with Gasteiger partial charge in [0.15, 0.2) is 5.82 Å². The van der Waals surface area contributed by atoms with Crippen molar-refractivity contribution in [1.29, 1.82) is 0 Å². The number of aromatic nitrogens is 2. The monoisotopic (exact) mass is 277 g/mol. The molecule has 2 heterocycles. The number of furan rings is 1. The highest BCUT2D eigenvalue weighted by Crippen LogP contribution is 2.13. The number of nitrogens with zero attached hydrogens (tertiary/aromatic N) is 2. The van der Waals surface area contributed by atoms with Gasteiger partial charge in [-0.2, -0.15) is 0 Å². The Morgan fingerprint density at radius 2 is 2.10 bits per heavy atom. The molecule has 0 atom stereocenters. The number of hydrogen-bond donors (Lipinski definition) is 3. The summed E-state index contributed by atoms with van der Waals surface area (Å²) < 4.78 is 10.8. The molecule has 20 heavy (non-hydrogen) atoms. The number of hydrogen-bond acceptors (Lipinski definition) is 7. The lowest BCUT2D eigenvalue weighted by atomic mass is 10.4. The zero-order chi connectivity index (χ0) is 14.4. The topological polar surface area (TPSA) is 98.2 Å². The van der Waals surface area contributed by atoms with Gasteiger partial charge in [0.2, 0.25) is 0 Å². The van der Waals surface area contributed by atoms with E-state index >= 15 is 0 Å². The van der Waals surface area contributed by atoms with Gasteiger partial charge in [-0.15, -0.1) is 0 Å². The maximum absolute atomic E-state index is 5.49. The molecule has 0 radical (unpaired) electrons. The summed E-state index contributed by atoms with van der Waals surface area (Å²) in [6.07, 6.45) is 0. The van der Waals surface area contributed by atoms with Crippen LogP contribution in [0.5, 0.6) is 0 Å². The number of nitrogens with one attached hydrogen (secondary N) is 2. The molecule has 7 heteroatoms. The van der Waals surface area contributed by atoms with E-state index in [9.17, 15) is 0 Å². The fourth-order valence-corrected chi connectivity index (χ4v) is 1.68. The second kappa shape index (κ2) is 6.88. The first kappa shape index (κ1) is 14.3.